The van der Waals surface area contributed by atoms with E-state index in [4.69, 9.17) is 14.4 Å². The second-order valence-electron chi connectivity index (χ2n) is 2.85. The lowest BCUT2D eigenvalue weighted by Crippen LogP contribution is -2.42. The molecule has 0 aromatic carbocycles. The van der Waals surface area contributed by atoms with Crippen LogP contribution in [0.15, 0.2) is 0 Å². The van der Waals surface area contributed by atoms with Gasteiger partial charge in [-0.05, 0) is 13.8 Å². The van der Waals surface area contributed by atoms with Gasteiger partial charge < -0.3 is 4.74 Å². The summed E-state index contributed by atoms with van der Waals surface area (Å²) in [4.78, 5) is 24.4. The second-order valence-corrected chi connectivity index (χ2v) is 3.36. The van der Waals surface area contributed by atoms with E-state index in [0.717, 1.165) is 20.8 Å². The van der Waals surface area contributed by atoms with Crippen molar-refractivity contribution >= 4 is 14.2 Å². The zero-order valence-electron chi connectivity index (χ0n) is 8.20. The molecule has 9 heteroatoms. The van der Waals surface area contributed by atoms with Crippen molar-refractivity contribution in [1.82, 2.24) is 0 Å². The summed E-state index contributed by atoms with van der Waals surface area (Å²) in [5, 5.41) is 0. The lowest BCUT2D eigenvalue weighted by molar-refractivity contribution is -0.256. The fraction of sp³-hybridized carbons (Fsp3) is 0.833. The third kappa shape index (κ3) is 9.58. The third-order valence-corrected chi connectivity index (χ3v) is 1.08. The summed E-state index contributed by atoms with van der Waals surface area (Å²) in [6.45, 7) is 2.54. The minimum atomic E-state index is -4.52. The fourth-order valence-corrected chi connectivity index (χ4v) is 0.417. The number of carbonyl (C=O) groups is 1. The van der Waals surface area contributed by atoms with Crippen LogP contribution in [0, 0.1) is 0 Å². The molecule has 0 amide bonds. The Balaban J connectivity index is 0. The molecule has 0 heterocycles. The van der Waals surface area contributed by atoms with E-state index in [1.54, 1.807) is 0 Å². The van der Waals surface area contributed by atoms with Gasteiger partial charge in [-0.15, -0.1) is 9.79 Å². The van der Waals surface area contributed by atoms with Gasteiger partial charge in [0.05, 0.1) is 0 Å². The van der Waals surface area contributed by atoms with Crippen molar-refractivity contribution in [3.8, 4) is 0 Å². The highest BCUT2D eigenvalue weighted by atomic mass is 31.1. The summed E-state index contributed by atoms with van der Waals surface area (Å²) in [5.74, 6) is -0.938. The van der Waals surface area contributed by atoms with Crippen LogP contribution in [0.3, 0.4) is 0 Å². The largest absolute Gasteiger partial charge is 0.692 e. The van der Waals surface area contributed by atoms with Gasteiger partial charge in [0.2, 0.25) is 5.60 Å². The lowest BCUT2D eigenvalue weighted by Gasteiger charge is -2.26. The van der Waals surface area contributed by atoms with E-state index in [2.05, 4.69) is 4.74 Å². The first-order valence-electron chi connectivity index (χ1n) is 3.51. The van der Waals surface area contributed by atoms with Crippen LogP contribution in [0.25, 0.3) is 0 Å². The van der Waals surface area contributed by atoms with Crippen LogP contribution in [0.4, 0.5) is 13.2 Å². The second kappa shape index (κ2) is 5.99. The number of halogens is 3. The molecule has 0 aliphatic carbocycles. The van der Waals surface area contributed by atoms with Crippen LogP contribution in [0.2, 0.25) is 0 Å². The maximum absolute atomic E-state index is 11.9. The molecule has 0 aromatic rings. The molecule has 2 N–H and O–H groups in total. The Morgan fingerprint density at radius 2 is 1.53 bits per heavy atom. The standard InChI is InChI=1S/C6H9F3O2.HO3P/c1-4(10)11-5(2,3)6(7,8)9;1-4(2)3/h1-3H3;(H-,1,2,3)/p+1. The monoisotopic (exact) mass is 251 g/mol. The number of ether oxygens (including phenoxy) is 1. The summed E-state index contributed by atoms with van der Waals surface area (Å²) >= 11 is 0. The van der Waals surface area contributed by atoms with Crippen molar-refractivity contribution in [2.45, 2.75) is 32.5 Å². The van der Waals surface area contributed by atoms with Gasteiger partial charge in [-0.25, -0.2) is 0 Å². The summed E-state index contributed by atoms with van der Waals surface area (Å²) in [7, 11) is -2.87. The lowest BCUT2D eigenvalue weighted by atomic mass is 10.1. The first-order valence-corrected chi connectivity index (χ1v) is 4.68. The minimum Gasteiger partial charge on any atom is -0.450 e. The Bertz CT molecular complexity index is 233. The average Bonchev–Trinajstić information content (AvgIpc) is 1.78. The van der Waals surface area contributed by atoms with E-state index < -0.39 is 26.0 Å². The van der Waals surface area contributed by atoms with Crippen molar-refractivity contribution in [1.29, 1.82) is 0 Å². The molecule has 0 aromatic heterocycles. The highest BCUT2D eigenvalue weighted by molar-refractivity contribution is 7.30. The van der Waals surface area contributed by atoms with Gasteiger partial charge in [0.1, 0.15) is 0 Å². The summed E-state index contributed by atoms with van der Waals surface area (Å²) in [5.41, 5.74) is -2.39. The molecular formula is C6H11F3O5P+. The Morgan fingerprint density at radius 3 is 1.60 bits per heavy atom. The zero-order chi connectivity index (χ0) is 12.9. The van der Waals surface area contributed by atoms with E-state index in [1.807, 2.05) is 0 Å². The molecule has 0 saturated carbocycles. The van der Waals surface area contributed by atoms with E-state index in [-0.39, 0.29) is 0 Å². The van der Waals surface area contributed by atoms with Crippen molar-refractivity contribution in [2.75, 3.05) is 0 Å². The Kier molecular flexibility index (Phi) is 6.67. The predicted octanol–water partition coefficient (Wildman–Crippen LogP) is 1.52. The SMILES string of the molecule is CC(=O)OC(C)(C)C(F)(F)F.O=[P+](O)O. The number of carbonyl (C=O) groups excluding carboxylic acids is 1. The molecule has 0 spiro atoms. The first-order chi connectivity index (χ1) is 6.40. The van der Waals surface area contributed by atoms with Gasteiger partial charge >= 0.3 is 20.4 Å². The van der Waals surface area contributed by atoms with Crippen LogP contribution in [0.1, 0.15) is 20.8 Å². The van der Waals surface area contributed by atoms with Crippen LogP contribution in [-0.4, -0.2) is 27.5 Å². The highest BCUT2D eigenvalue weighted by Crippen LogP contribution is 2.32. The molecule has 0 aliphatic rings. The van der Waals surface area contributed by atoms with Crippen LogP contribution < -0.4 is 0 Å². The van der Waals surface area contributed by atoms with E-state index in [0.29, 0.717) is 0 Å². The van der Waals surface area contributed by atoms with Gasteiger partial charge in [0.25, 0.3) is 0 Å². The van der Waals surface area contributed by atoms with Gasteiger partial charge in [-0.2, -0.15) is 13.2 Å². The van der Waals surface area contributed by atoms with Crippen molar-refractivity contribution in [2.24, 2.45) is 0 Å². The molecule has 0 saturated heterocycles. The normalized spacial score (nSPS) is 11.2. The number of esters is 1. The van der Waals surface area contributed by atoms with Gasteiger partial charge in [-0.1, -0.05) is 0 Å². The maximum atomic E-state index is 11.9. The summed E-state index contributed by atoms with van der Waals surface area (Å²) in [6, 6.07) is 0. The fourth-order valence-electron chi connectivity index (χ4n) is 0.417. The van der Waals surface area contributed by atoms with E-state index in [1.165, 1.54) is 0 Å². The topological polar surface area (TPSA) is 83.8 Å². The molecular weight excluding hydrogens is 240 g/mol. The number of hydrogen-bond donors (Lipinski definition) is 2. The van der Waals surface area contributed by atoms with E-state index in [9.17, 15) is 18.0 Å². The van der Waals surface area contributed by atoms with E-state index >= 15 is 0 Å². The molecule has 0 bridgehead atoms. The van der Waals surface area contributed by atoms with Gasteiger partial charge in [-0.3, -0.25) is 4.79 Å². The molecule has 0 unspecified atom stereocenters. The van der Waals surface area contributed by atoms with Crippen LogP contribution >= 0.6 is 8.25 Å². The Hall–Kier alpha value is -0.720. The van der Waals surface area contributed by atoms with Crippen molar-refractivity contribution in [3.05, 3.63) is 0 Å². The van der Waals surface area contributed by atoms with Gasteiger partial charge in [0.15, 0.2) is 0 Å². The molecule has 15 heavy (non-hydrogen) atoms. The molecule has 5 nitrogen and oxygen atoms in total. The quantitative estimate of drug-likeness (QED) is 0.545. The number of rotatable bonds is 1. The smallest absolute Gasteiger partial charge is 0.450 e. The molecule has 90 valence electrons. The van der Waals surface area contributed by atoms with Crippen molar-refractivity contribution in [3.63, 3.8) is 0 Å². The molecule has 0 fully saturated rings. The van der Waals surface area contributed by atoms with Crippen LogP contribution in [0.5, 0.6) is 0 Å². The Morgan fingerprint density at radius 1 is 1.27 bits per heavy atom. The van der Waals surface area contributed by atoms with Crippen LogP contribution in [-0.2, 0) is 14.1 Å². The summed E-state index contributed by atoms with van der Waals surface area (Å²) < 4.78 is 48.5. The highest BCUT2D eigenvalue weighted by Gasteiger charge is 2.50. The van der Waals surface area contributed by atoms with Gasteiger partial charge in [0, 0.05) is 11.5 Å². The molecule has 0 aliphatic heterocycles. The zero-order valence-corrected chi connectivity index (χ0v) is 9.09. The molecule has 0 rings (SSSR count). The summed E-state index contributed by atoms with van der Waals surface area (Å²) in [6.07, 6.45) is -4.52. The number of hydrogen-bond acceptors (Lipinski definition) is 3. The predicted molar refractivity (Wildman–Crippen MR) is 43.9 cm³/mol. The average molecular weight is 251 g/mol. The number of alkyl halides is 3. The first kappa shape index (κ1) is 16.7. The molecule has 0 radical (unpaired) electrons. The third-order valence-electron chi connectivity index (χ3n) is 1.08. The maximum Gasteiger partial charge on any atom is 0.692 e. The Labute approximate surface area is 84.8 Å². The molecule has 0 atom stereocenters. The minimum absolute atomic E-state index is 0.800. The van der Waals surface area contributed by atoms with Crippen molar-refractivity contribution < 1.29 is 37.1 Å².